The molecule has 1 aliphatic carbocycles. The summed E-state index contributed by atoms with van der Waals surface area (Å²) in [4.78, 5) is 14.4. The van der Waals surface area contributed by atoms with Crippen LogP contribution in [-0.2, 0) is 6.54 Å². The van der Waals surface area contributed by atoms with Gasteiger partial charge in [-0.3, -0.25) is 4.79 Å². The standard InChI is InChI=1S/C15H15ClN2O2/c16-14-13(6-7-20-14)15(19)18(12-4-5-12)9-10-2-1-3-11(17)8-10/h1-3,6-8,12H,4-5,9,17H2. The maximum Gasteiger partial charge on any atom is 0.259 e. The SMILES string of the molecule is Nc1cccc(CN(C(=O)c2ccoc2Cl)C2CC2)c1. The van der Waals surface area contributed by atoms with Crippen LogP contribution in [-0.4, -0.2) is 16.8 Å². The van der Waals surface area contributed by atoms with E-state index in [4.69, 9.17) is 21.8 Å². The number of rotatable bonds is 4. The number of nitrogens with two attached hydrogens (primary N) is 1. The summed E-state index contributed by atoms with van der Waals surface area (Å²) in [6.07, 6.45) is 3.49. The summed E-state index contributed by atoms with van der Waals surface area (Å²) < 4.78 is 5.00. The first-order valence-electron chi connectivity index (χ1n) is 6.53. The van der Waals surface area contributed by atoms with E-state index in [2.05, 4.69) is 0 Å². The van der Waals surface area contributed by atoms with Crippen molar-refractivity contribution in [2.24, 2.45) is 0 Å². The molecule has 1 fully saturated rings. The van der Waals surface area contributed by atoms with E-state index in [1.807, 2.05) is 29.2 Å². The normalized spacial score (nSPS) is 14.2. The van der Waals surface area contributed by atoms with Gasteiger partial charge >= 0.3 is 0 Å². The highest BCUT2D eigenvalue weighted by molar-refractivity contribution is 6.32. The highest BCUT2D eigenvalue weighted by Crippen LogP contribution is 2.31. The van der Waals surface area contributed by atoms with Gasteiger partial charge in [0.2, 0.25) is 5.22 Å². The van der Waals surface area contributed by atoms with E-state index in [1.54, 1.807) is 6.07 Å². The van der Waals surface area contributed by atoms with Crippen LogP contribution in [0.1, 0.15) is 28.8 Å². The quantitative estimate of drug-likeness (QED) is 0.879. The zero-order chi connectivity index (χ0) is 14.1. The summed E-state index contributed by atoms with van der Waals surface area (Å²) in [5.41, 5.74) is 7.92. The van der Waals surface area contributed by atoms with E-state index in [0.29, 0.717) is 17.8 Å². The lowest BCUT2D eigenvalue weighted by Crippen LogP contribution is -2.32. The van der Waals surface area contributed by atoms with Crippen molar-refractivity contribution < 1.29 is 9.21 Å². The average Bonchev–Trinajstić information content (AvgIpc) is 3.17. The first-order valence-corrected chi connectivity index (χ1v) is 6.91. The number of benzene rings is 1. The highest BCUT2D eigenvalue weighted by atomic mass is 35.5. The molecule has 1 aromatic carbocycles. The summed E-state index contributed by atoms with van der Waals surface area (Å²) in [5.74, 6) is -0.0892. The first kappa shape index (κ1) is 13.1. The fraction of sp³-hybridized carbons (Fsp3) is 0.267. The van der Waals surface area contributed by atoms with Crippen molar-refractivity contribution in [3.05, 3.63) is 52.9 Å². The summed E-state index contributed by atoms with van der Waals surface area (Å²) in [5, 5.41) is 0.147. The molecule has 3 rings (SSSR count). The summed E-state index contributed by atoms with van der Waals surface area (Å²) in [6, 6.07) is 9.48. The highest BCUT2D eigenvalue weighted by Gasteiger charge is 2.34. The third-order valence-electron chi connectivity index (χ3n) is 3.40. The molecule has 1 saturated carbocycles. The van der Waals surface area contributed by atoms with E-state index < -0.39 is 0 Å². The molecule has 20 heavy (non-hydrogen) atoms. The molecule has 0 spiro atoms. The monoisotopic (exact) mass is 290 g/mol. The van der Waals surface area contributed by atoms with E-state index >= 15 is 0 Å². The van der Waals surface area contributed by atoms with E-state index in [0.717, 1.165) is 18.4 Å². The number of furan rings is 1. The zero-order valence-corrected chi connectivity index (χ0v) is 11.6. The molecule has 1 amide bonds. The minimum absolute atomic E-state index is 0.0892. The Morgan fingerprint density at radius 1 is 1.40 bits per heavy atom. The largest absolute Gasteiger partial charge is 0.452 e. The number of hydrogen-bond donors (Lipinski definition) is 1. The fourth-order valence-corrected chi connectivity index (χ4v) is 2.44. The fourth-order valence-electron chi connectivity index (χ4n) is 2.24. The summed E-state index contributed by atoms with van der Waals surface area (Å²) in [7, 11) is 0. The van der Waals surface area contributed by atoms with Crippen molar-refractivity contribution in [1.29, 1.82) is 0 Å². The van der Waals surface area contributed by atoms with Crippen molar-refractivity contribution in [2.45, 2.75) is 25.4 Å². The number of hydrogen-bond acceptors (Lipinski definition) is 3. The molecule has 1 aromatic heterocycles. The molecule has 5 heteroatoms. The van der Waals surface area contributed by atoms with Gasteiger partial charge in [0.1, 0.15) is 0 Å². The molecule has 2 N–H and O–H groups in total. The lowest BCUT2D eigenvalue weighted by atomic mass is 10.1. The maximum absolute atomic E-state index is 12.5. The Morgan fingerprint density at radius 3 is 2.80 bits per heavy atom. The van der Waals surface area contributed by atoms with Crippen LogP contribution in [0.5, 0.6) is 0 Å². The topological polar surface area (TPSA) is 59.5 Å². The number of anilines is 1. The summed E-state index contributed by atoms with van der Waals surface area (Å²) >= 11 is 5.90. The van der Waals surface area contributed by atoms with Crippen LogP contribution in [0.25, 0.3) is 0 Å². The van der Waals surface area contributed by atoms with Crippen LogP contribution in [0, 0.1) is 0 Å². The Balaban J connectivity index is 1.83. The second-order valence-electron chi connectivity index (χ2n) is 5.02. The van der Waals surface area contributed by atoms with Crippen LogP contribution >= 0.6 is 11.6 Å². The van der Waals surface area contributed by atoms with Crippen LogP contribution in [0.15, 0.2) is 41.0 Å². The van der Waals surface area contributed by atoms with Gasteiger partial charge in [-0.15, -0.1) is 0 Å². The Hall–Kier alpha value is -1.94. The van der Waals surface area contributed by atoms with Crippen molar-refractivity contribution in [2.75, 3.05) is 5.73 Å². The lowest BCUT2D eigenvalue weighted by Gasteiger charge is -2.22. The molecule has 104 valence electrons. The molecule has 0 saturated heterocycles. The van der Waals surface area contributed by atoms with Crippen LogP contribution < -0.4 is 5.73 Å². The molecule has 4 nitrogen and oxygen atoms in total. The Labute approximate surface area is 122 Å². The third kappa shape index (κ3) is 2.65. The van der Waals surface area contributed by atoms with Gasteiger partial charge in [0, 0.05) is 18.3 Å². The second-order valence-corrected chi connectivity index (χ2v) is 5.36. The van der Waals surface area contributed by atoms with Crippen molar-refractivity contribution in [3.8, 4) is 0 Å². The maximum atomic E-state index is 12.5. The number of nitrogen functional groups attached to an aromatic ring is 1. The number of halogens is 1. The van der Waals surface area contributed by atoms with Crippen LogP contribution in [0.4, 0.5) is 5.69 Å². The Bertz CT molecular complexity index is 634. The van der Waals surface area contributed by atoms with E-state index in [9.17, 15) is 4.79 Å². The molecule has 0 radical (unpaired) electrons. The Morgan fingerprint density at radius 2 is 2.20 bits per heavy atom. The molecule has 1 heterocycles. The van der Waals surface area contributed by atoms with Crippen molar-refractivity contribution in [1.82, 2.24) is 4.90 Å². The molecular formula is C15H15ClN2O2. The number of nitrogens with zero attached hydrogens (tertiary/aromatic N) is 1. The minimum atomic E-state index is -0.0892. The Kier molecular flexibility index (Phi) is 3.40. The average molecular weight is 291 g/mol. The molecular weight excluding hydrogens is 276 g/mol. The van der Waals surface area contributed by atoms with E-state index in [-0.39, 0.29) is 17.2 Å². The van der Waals surface area contributed by atoms with Gasteiger partial charge in [0.25, 0.3) is 5.91 Å². The second kappa shape index (κ2) is 5.21. The van der Waals surface area contributed by atoms with Crippen molar-refractivity contribution >= 4 is 23.2 Å². The van der Waals surface area contributed by atoms with Gasteiger partial charge in [-0.05, 0) is 48.2 Å². The van der Waals surface area contributed by atoms with Crippen LogP contribution in [0.3, 0.4) is 0 Å². The van der Waals surface area contributed by atoms with Gasteiger partial charge in [-0.25, -0.2) is 0 Å². The molecule has 0 atom stereocenters. The predicted molar refractivity (Wildman–Crippen MR) is 77.5 cm³/mol. The summed E-state index contributed by atoms with van der Waals surface area (Å²) in [6.45, 7) is 0.538. The molecule has 0 aliphatic heterocycles. The lowest BCUT2D eigenvalue weighted by molar-refractivity contribution is 0.0729. The van der Waals surface area contributed by atoms with Gasteiger partial charge < -0.3 is 15.1 Å². The minimum Gasteiger partial charge on any atom is -0.452 e. The van der Waals surface area contributed by atoms with Gasteiger partial charge in [-0.2, -0.15) is 0 Å². The number of carbonyl (C=O) groups is 1. The smallest absolute Gasteiger partial charge is 0.259 e. The third-order valence-corrected chi connectivity index (χ3v) is 3.69. The van der Waals surface area contributed by atoms with Gasteiger partial charge in [0.05, 0.1) is 11.8 Å². The molecule has 0 bridgehead atoms. The predicted octanol–water partition coefficient (Wildman–Crippen LogP) is 3.32. The molecule has 1 aliphatic rings. The first-order chi connectivity index (χ1) is 9.65. The number of amides is 1. The number of carbonyl (C=O) groups excluding carboxylic acids is 1. The van der Waals surface area contributed by atoms with E-state index in [1.165, 1.54) is 6.26 Å². The molecule has 2 aromatic rings. The molecule has 0 unspecified atom stereocenters. The van der Waals surface area contributed by atoms with Crippen molar-refractivity contribution in [3.63, 3.8) is 0 Å². The zero-order valence-electron chi connectivity index (χ0n) is 10.9. The van der Waals surface area contributed by atoms with Crippen LogP contribution in [0.2, 0.25) is 5.22 Å². The van der Waals surface area contributed by atoms with Gasteiger partial charge in [0.15, 0.2) is 0 Å². The van der Waals surface area contributed by atoms with Gasteiger partial charge in [-0.1, -0.05) is 12.1 Å².